The minimum absolute atomic E-state index is 0.0843. The summed E-state index contributed by atoms with van der Waals surface area (Å²) >= 11 is 0. The normalized spacial score (nSPS) is 12.8. The molecule has 0 aliphatic heterocycles. The van der Waals surface area contributed by atoms with Gasteiger partial charge in [-0.1, -0.05) is 47.5 Å². The Kier molecular flexibility index (Phi) is 3.33. The monoisotopic (exact) mass is 265 g/mol. The Balaban J connectivity index is 2.08. The Hall–Kier alpha value is -2.06. The maximum Gasteiger partial charge on any atom is 0.134 e. The molecule has 2 nitrogen and oxygen atoms in total. The molecule has 20 heavy (non-hydrogen) atoms. The van der Waals surface area contributed by atoms with Crippen molar-refractivity contribution in [2.75, 3.05) is 7.05 Å². The fourth-order valence-electron chi connectivity index (χ4n) is 2.79. The molecule has 0 bridgehead atoms. The minimum Gasteiger partial charge on any atom is -0.459 e. The summed E-state index contributed by atoms with van der Waals surface area (Å²) in [5.41, 5.74) is 4.73. The van der Waals surface area contributed by atoms with Gasteiger partial charge in [0, 0.05) is 5.39 Å². The maximum atomic E-state index is 5.99. The van der Waals surface area contributed by atoms with E-state index in [1.54, 1.807) is 0 Å². The molecule has 1 N–H and O–H groups in total. The lowest BCUT2D eigenvalue weighted by Gasteiger charge is -2.15. The first-order chi connectivity index (χ1) is 9.67. The second-order valence-corrected chi connectivity index (χ2v) is 5.33. The summed E-state index contributed by atoms with van der Waals surface area (Å²) in [6.45, 7) is 4.25. The van der Waals surface area contributed by atoms with Gasteiger partial charge in [0.05, 0.1) is 6.04 Å². The Morgan fingerprint density at radius 1 is 0.950 bits per heavy atom. The van der Waals surface area contributed by atoms with E-state index in [1.165, 1.54) is 16.7 Å². The van der Waals surface area contributed by atoms with E-state index in [9.17, 15) is 0 Å². The molecular formula is C18H19NO. The van der Waals surface area contributed by atoms with Crippen molar-refractivity contribution in [1.82, 2.24) is 5.32 Å². The van der Waals surface area contributed by atoms with E-state index in [0.717, 1.165) is 16.7 Å². The molecule has 102 valence electrons. The number of para-hydroxylation sites is 1. The number of furan rings is 1. The van der Waals surface area contributed by atoms with Gasteiger partial charge in [0.15, 0.2) is 0 Å². The summed E-state index contributed by atoms with van der Waals surface area (Å²) < 4.78 is 5.99. The Morgan fingerprint density at radius 2 is 1.65 bits per heavy atom. The third-order valence-electron chi connectivity index (χ3n) is 3.60. The van der Waals surface area contributed by atoms with Crippen LogP contribution in [-0.2, 0) is 0 Å². The standard InChI is InChI=1S/C18H19NO/c1-12-8-13(2)10-15(9-12)18(19-3)17-11-14-6-4-5-7-16(14)20-17/h4-11,18-19H,1-3H3. The number of benzene rings is 2. The van der Waals surface area contributed by atoms with Crippen LogP contribution in [0, 0.1) is 13.8 Å². The van der Waals surface area contributed by atoms with E-state index in [-0.39, 0.29) is 6.04 Å². The average Bonchev–Trinajstić information content (AvgIpc) is 2.81. The molecule has 1 aromatic heterocycles. The molecule has 3 aromatic rings. The van der Waals surface area contributed by atoms with E-state index in [2.05, 4.69) is 49.5 Å². The van der Waals surface area contributed by atoms with Crippen LogP contribution >= 0.6 is 0 Å². The van der Waals surface area contributed by atoms with Crippen LogP contribution in [0.4, 0.5) is 0 Å². The highest BCUT2D eigenvalue weighted by Crippen LogP contribution is 2.29. The SMILES string of the molecule is CNC(c1cc(C)cc(C)c1)c1cc2ccccc2o1. The second kappa shape index (κ2) is 5.14. The van der Waals surface area contributed by atoms with Crippen molar-refractivity contribution in [1.29, 1.82) is 0 Å². The second-order valence-electron chi connectivity index (χ2n) is 5.33. The zero-order valence-corrected chi connectivity index (χ0v) is 12.1. The van der Waals surface area contributed by atoms with Gasteiger partial charge in [0.1, 0.15) is 11.3 Å². The molecule has 0 amide bonds. The van der Waals surface area contributed by atoms with Crippen LogP contribution in [-0.4, -0.2) is 7.05 Å². The lowest BCUT2D eigenvalue weighted by Crippen LogP contribution is -2.17. The Morgan fingerprint density at radius 3 is 2.30 bits per heavy atom. The fraction of sp³-hybridized carbons (Fsp3) is 0.222. The van der Waals surface area contributed by atoms with Crippen LogP contribution in [0.15, 0.2) is 52.9 Å². The molecule has 0 saturated heterocycles. The minimum atomic E-state index is 0.0843. The largest absolute Gasteiger partial charge is 0.459 e. The quantitative estimate of drug-likeness (QED) is 0.761. The van der Waals surface area contributed by atoms with Gasteiger partial charge in [0.2, 0.25) is 0 Å². The molecular weight excluding hydrogens is 246 g/mol. The van der Waals surface area contributed by atoms with Gasteiger partial charge in [-0.25, -0.2) is 0 Å². The van der Waals surface area contributed by atoms with Gasteiger partial charge in [-0.05, 0) is 38.6 Å². The molecule has 1 atom stereocenters. The Labute approximate surface area is 119 Å². The summed E-state index contributed by atoms with van der Waals surface area (Å²) in [5.74, 6) is 0.957. The smallest absolute Gasteiger partial charge is 0.134 e. The topological polar surface area (TPSA) is 25.2 Å². The highest BCUT2D eigenvalue weighted by Gasteiger charge is 2.17. The molecule has 1 unspecified atom stereocenters. The first-order valence-electron chi connectivity index (χ1n) is 6.91. The third-order valence-corrected chi connectivity index (χ3v) is 3.60. The van der Waals surface area contributed by atoms with Crippen molar-refractivity contribution in [2.24, 2.45) is 0 Å². The van der Waals surface area contributed by atoms with Crippen molar-refractivity contribution in [3.05, 3.63) is 71.0 Å². The van der Waals surface area contributed by atoms with Gasteiger partial charge in [-0.3, -0.25) is 0 Å². The zero-order chi connectivity index (χ0) is 14.1. The van der Waals surface area contributed by atoms with Crippen molar-refractivity contribution >= 4 is 11.0 Å². The summed E-state index contributed by atoms with van der Waals surface area (Å²) in [5, 5.41) is 4.50. The molecule has 0 aliphatic rings. The van der Waals surface area contributed by atoms with Crippen molar-refractivity contribution in [3.63, 3.8) is 0 Å². The van der Waals surface area contributed by atoms with E-state index >= 15 is 0 Å². The van der Waals surface area contributed by atoms with E-state index in [0.29, 0.717) is 0 Å². The van der Waals surface area contributed by atoms with Crippen LogP contribution in [0.3, 0.4) is 0 Å². The Bertz CT molecular complexity index is 689. The molecule has 0 spiro atoms. The van der Waals surface area contributed by atoms with E-state index in [1.807, 2.05) is 25.2 Å². The molecule has 1 heterocycles. The molecule has 0 radical (unpaired) electrons. The van der Waals surface area contributed by atoms with Gasteiger partial charge >= 0.3 is 0 Å². The maximum absolute atomic E-state index is 5.99. The van der Waals surface area contributed by atoms with Gasteiger partial charge in [-0.2, -0.15) is 0 Å². The number of aryl methyl sites for hydroxylation is 2. The summed E-state index contributed by atoms with van der Waals surface area (Å²) in [6, 6.07) is 16.9. The van der Waals surface area contributed by atoms with E-state index < -0.39 is 0 Å². The fourth-order valence-corrected chi connectivity index (χ4v) is 2.79. The highest BCUT2D eigenvalue weighted by atomic mass is 16.3. The zero-order valence-electron chi connectivity index (χ0n) is 12.1. The van der Waals surface area contributed by atoms with Crippen LogP contribution in [0.1, 0.15) is 28.5 Å². The molecule has 3 rings (SSSR count). The first-order valence-corrected chi connectivity index (χ1v) is 6.91. The van der Waals surface area contributed by atoms with Gasteiger partial charge in [0.25, 0.3) is 0 Å². The summed E-state index contributed by atoms with van der Waals surface area (Å²) in [7, 11) is 1.97. The van der Waals surface area contributed by atoms with Crippen LogP contribution in [0.25, 0.3) is 11.0 Å². The number of hydrogen-bond acceptors (Lipinski definition) is 2. The van der Waals surface area contributed by atoms with Gasteiger partial charge in [-0.15, -0.1) is 0 Å². The van der Waals surface area contributed by atoms with Crippen molar-refractivity contribution in [3.8, 4) is 0 Å². The highest BCUT2D eigenvalue weighted by molar-refractivity contribution is 5.78. The molecule has 2 heteroatoms. The molecule has 0 fully saturated rings. The number of nitrogens with one attached hydrogen (secondary N) is 1. The summed E-state index contributed by atoms with van der Waals surface area (Å²) in [4.78, 5) is 0. The predicted molar refractivity (Wildman–Crippen MR) is 83.0 cm³/mol. The van der Waals surface area contributed by atoms with E-state index in [4.69, 9.17) is 4.42 Å². The van der Waals surface area contributed by atoms with Crippen LogP contribution in [0.5, 0.6) is 0 Å². The number of fused-ring (bicyclic) bond motifs is 1. The molecule has 2 aromatic carbocycles. The molecule has 0 aliphatic carbocycles. The third kappa shape index (κ3) is 2.35. The predicted octanol–water partition coefficient (Wildman–Crippen LogP) is 4.36. The van der Waals surface area contributed by atoms with Crippen molar-refractivity contribution in [2.45, 2.75) is 19.9 Å². The van der Waals surface area contributed by atoms with Crippen molar-refractivity contribution < 1.29 is 4.42 Å². The van der Waals surface area contributed by atoms with Crippen LogP contribution in [0.2, 0.25) is 0 Å². The molecule has 0 saturated carbocycles. The summed E-state index contributed by atoms with van der Waals surface area (Å²) in [6.07, 6.45) is 0. The number of hydrogen-bond donors (Lipinski definition) is 1. The first kappa shape index (κ1) is 12.9. The number of rotatable bonds is 3. The lowest BCUT2D eigenvalue weighted by molar-refractivity contribution is 0.491. The van der Waals surface area contributed by atoms with Gasteiger partial charge < -0.3 is 9.73 Å². The average molecular weight is 265 g/mol. The lowest BCUT2D eigenvalue weighted by atomic mass is 9.99. The van der Waals surface area contributed by atoms with Crippen LogP contribution < -0.4 is 5.32 Å².